The van der Waals surface area contributed by atoms with Crippen LogP contribution in [0.25, 0.3) is 0 Å². The van der Waals surface area contributed by atoms with Gasteiger partial charge < -0.3 is 9.47 Å². The van der Waals surface area contributed by atoms with Crippen molar-refractivity contribution in [2.24, 2.45) is 0 Å². The Morgan fingerprint density at radius 2 is 2.00 bits per heavy atom. The monoisotopic (exact) mass is 386 g/mol. The van der Waals surface area contributed by atoms with Gasteiger partial charge in [-0.25, -0.2) is 13.2 Å². The van der Waals surface area contributed by atoms with Gasteiger partial charge in [-0.1, -0.05) is 18.2 Å². The van der Waals surface area contributed by atoms with Crippen LogP contribution in [0.5, 0.6) is 5.75 Å². The zero-order valence-electron chi connectivity index (χ0n) is 14.9. The van der Waals surface area contributed by atoms with Crippen molar-refractivity contribution in [1.29, 1.82) is 5.26 Å². The molecule has 0 unspecified atom stereocenters. The number of carbonyl (C=O) groups excluding carboxylic acids is 1. The number of nitrogens with zero attached hydrogens (tertiary/aromatic N) is 2. The molecular weight excluding hydrogens is 368 g/mol. The van der Waals surface area contributed by atoms with Crippen LogP contribution in [-0.4, -0.2) is 34.1 Å². The molecule has 140 valence electrons. The van der Waals surface area contributed by atoms with Crippen LogP contribution in [0.2, 0.25) is 0 Å². The molecule has 2 aromatic carbocycles. The molecule has 0 radical (unpaired) electrons. The Balaban J connectivity index is 2.01. The van der Waals surface area contributed by atoms with Crippen molar-refractivity contribution in [3.8, 4) is 11.8 Å². The molecule has 0 spiro atoms. The molecule has 0 saturated heterocycles. The number of para-hydroxylation sites is 1. The molecule has 0 N–H and O–H groups in total. The second-order valence-electron chi connectivity index (χ2n) is 5.99. The van der Waals surface area contributed by atoms with Crippen molar-refractivity contribution in [1.82, 2.24) is 0 Å². The lowest BCUT2D eigenvalue weighted by atomic mass is 10.2. The fourth-order valence-electron chi connectivity index (χ4n) is 2.94. The van der Waals surface area contributed by atoms with Crippen molar-refractivity contribution >= 4 is 21.7 Å². The molecule has 7 nitrogen and oxygen atoms in total. The van der Waals surface area contributed by atoms with Gasteiger partial charge in [0.25, 0.3) is 10.0 Å². The molecule has 1 aliphatic heterocycles. The van der Waals surface area contributed by atoms with Gasteiger partial charge in [-0.15, -0.1) is 0 Å². The molecule has 2 aromatic rings. The van der Waals surface area contributed by atoms with E-state index in [2.05, 4.69) is 0 Å². The van der Waals surface area contributed by atoms with E-state index in [0.29, 0.717) is 18.7 Å². The highest BCUT2D eigenvalue weighted by molar-refractivity contribution is 7.92. The SMILES string of the molecule is COc1ccc(S(=O)(=O)N2CCc3ccccc32)cc1C(=O)O[C@@H](C)C#N. The molecule has 8 heteroatoms. The first kappa shape index (κ1) is 18.7. The summed E-state index contributed by atoms with van der Waals surface area (Å²) in [5, 5.41) is 8.82. The normalized spacial score (nSPS) is 14.2. The van der Waals surface area contributed by atoms with Crippen LogP contribution in [0.1, 0.15) is 22.8 Å². The predicted octanol–water partition coefficient (Wildman–Crippen LogP) is 2.52. The number of anilines is 1. The predicted molar refractivity (Wildman–Crippen MR) is 98.2 cm³/mol. The van der Waals surface area contributed by atoms with Crippen molar-refractivity contribution in [2.45, 2.75) is 24.3 Å². The van der Waals surface area contributed by atoms with Crippen LogP contribution in [0.3, 0.4) is 0 Å². The Morgan fingerprint density at radius 3 is 2.70 bits per heavy atom. The lowest BCUT2D eigenvalue weighted by molar-refractivity contribution is 0.0431. The molecule has 1 aliphatic rings. The zero-order valence-corrected chi connectivity index (χ0v) is 15.7. The minimum atomic E-state index is -3.86. The number of sulfonamides is 1. The molecule has 0 amide bonds. The Kier molecular flexibility index (Phi) is 5.06. The van der Waals surface area contributed by atoms with E-state index in [9.17, 15) is 13.2 Å². The van der Waals surface area contributed by atoms with E-state index in [0.717, 1.165) is 5.56 Å². The van der Waals surface area contributed by atoms with Gasteiger partial charge in [0.15, 0.2) is 6.10 Å². The number of nitriles is 1. The number of hydrogen-bond acceptors (Lipinski definition) is 6. The molecule has 27 heavy (non-hydrogen) atoms. The van der Waals surface area contributed by atoms with Crippen LogP contribution >= 0.6 is 0 Å². The summed E-state index contributed by atoms with van der Waals surface area (Å²) >= 11 is 0. The number of rotatable bonds is 5. The smallest absolute Gasteiger partial charge is 0.343 e. The number of carbonyl (C=O) groups is 1. The molecule has 1 heterocycles. The lowest BCUT2D eigenvalue weighted by Gasteiger charge is -2.20. The van der Waals surface area contributed by atoms with Crippen molar-refractivity contribution in [2.75, 3.05) is 18.0 Å². The van der Waals surface area contributed by atoms with Gasteiger partial charge in [-0.05, 0) is 43.2 Å². The first-order valence-corrected chi connectivity index (χ1v) is 9.71. The summed E-state index contributed by atoms with van der Waals surface area (Å²) < 4.78 is 37.7. The lowest BCUT2D eigenvalue weighted by Crippen LogP contribution is -2.29. The third kappa shape index (κ3) is 3.46. The maximum absolute atomic E-state index is 13.1. The number of hydrogen-bond donors (Lipinski definition) is 0. The minimum Gasteiger partial charge on any atom is -0.496 e. The Hall–Kier alpha value is -3.05. The van der Waals surface area contributed by atoms with E-state index >= 15 is 0 Å². The second-order valence-corrected chi connectivity index (χ2v) is 7.86. The summed E-state index contributed by atoms with van der Waals surface area (Å²) in [5.41, 5.74) is 1.54. The molecule has 3 rings (SSSR count). The highest BCUT2D eigenvalue weighted by atomic mass is 32.2. The van der Waals surface area contributed by atoms with Gasteiger partial charge in [-0.3, -0.25) is 4.31 Å². The number of methoxy groups -OCH3 is 1. The average molecular weight is 386 g/mol. The number of ether oxygens (including phenoxy) is 2. The molecule has 0 fully saturated rings. The third-order valence-electron chi connectivity index (χ3n) is 4.29. The van der Waals surface area contributed by atoms with Gasteiger partial charge in [-0.2, -0.15) is 5.26 Å². The maximum atomic E-state index is 13.1. The van der Waals surface area contributed by atoms with Gasteiger partial charge in [0, 0.05) is 6.54 Å². The minimum absolute atomic E-state index is 0.0448. The van der Waals surface area contributed by atoms with Crippen molar-refractivity contribution in [3.63, 3.8) is 0 Å². The van der Waals surface area contributed by atoms with Gasteiger partial charge in [0.05, 0.1) is 17.7 Å². The van der Waals surface area contributed by atoms with Crippen LogP contribution in [0.15, 0.2) is 47.4 Å². The van der Waals surface area contributed by atoms with Crippen LogP contribution in [-0.2, 0) is 21.2 Å². The third-order valence-corrected chi connectivity index (χ3v) is 6.10. The van der Waals surface area contributed by atoms with E-state index in [-0.39, 0.29) is 16.2 Å². The summed E-state index contributed by atoms with van der Waals surface area (Å²) in [4.78, 5) is 12.3. The topological polar surface area (TPSA) is 96.7 Å². The molecule has 0 aromatic heterocycles. The molecule has 1 atom stereocenters. The van der Waals surface area contributed by atoms with E-state index < -0.39 is 22.1 Å². The summed E-state index contributed by atoms with van der Waals surface area (Å²) in [6.07, 6.45) is -0.340. The highest BCUT2D eigenvalue weighted by Gasteiger charge is 2.32. The van der Waals surface area contributed by atoms with Crippen molar-refractivity contribution < 1.29 is 22.7 Å². The van der Waals surface area contributed by atoms with Crippen LogP contribution in [0, 0.1) is 11.3 Å². The first-order chi connectivity index (χ1) is 12.9. The molecular formula is C19H18N2O5S. The average Bonchev–Trinajstić information content (AvgIpc) is 3.12. The van der Waals surface area contributed by atoms with E-state index in [4.69, 9.17) is 14.7 Å². The summed E-state index contributed by atoms with van der Waals surface area (Å²) in [6.45, 7) is 1.76. The Labute approximate surface area is 157 Å². The fourth-order valence-corrected chi connectivity index (χ4v) is 4.47. The summed E-state index contributed by atoms with van der Waals surface area (Å²) in [5.74, 6) is -0.648. The maximum Gasteiger partial charge on any atom is 0.343 e. The van der Waals surface area contributed by atoms with E-state index in [1.807, 2.05) is 12.1 Å². The molecule has 0 saturated carbocycles. The van der Waals surface area contributed by atoms with E-state index in [1.165, 1.54) is 36.5 Å². The number of esters is 1. The number of fused-ring (bicyclic) bond motifs is 1. The van der Waals surface area contributed by atoms with Crippen molar-refractivity contribution in [3.05, 3.63) is 53.6 Å². The fraction of sp³-hybridized carbons (Fsp3) is 0.263. The molecule has 0 aliphatic carbocycles. The second kappa shape index (κ2) is 7.29. The standard InChI is InChI=1S/C19H18N2O5S/c1-13(12-20)26-19(22)16-11-15(7-8-18(16)25-2)27(23,24)21-10-9-14-5-3-4-6-17(14)21/h3-8,11,13H,9-10H2,1-2H3/t13-/m0/s1. The number of benzene rings is 2. The van der Waals surface area contributed by atoms with Gasteiger partial charge >= 0.3 is 5.97 Å². The zero-order chi connectivity index (χ0) is 19.6. The van der Waals surface area contributed by atoms with Crippen LogP contribution < -0.4 is 9.04 Å². The summed E-state index contributed by atoms with van der Waals surface area (Å²) in [6, 6.07) is 13.1. The van der Waals surface area contributed by atoms with Gasteiger partial charge in [0.1, 0.15) is 17.4 Å². The quantitative estimate of drug-likeness (QED) is 0.733. The Bertz CT molecular complexity index is 1030. The van der Waals surface area contributed by atoms with E-state index in [1.54, 1.807) is 18.2 Å². The summed E-state index contributed by atoms with van der Waals surface area (Å²) in [7, 11) is -2.50. The van der Waals surface area contributed by atoms with Gasteiger partial charge in [0.2, 0.25) is 0 Å². The van der Waals surface area contributed by atoms with Crippen LogP contribution in [0.4, 0.5) is 5.69 Å². The first-order valence-electron chi connectivity index (χ1n) is 8.27. The highest BCUT2D eigenvalue weighted by Crippen LogP contribution is 2.34. The Morgan fingerprint density at radius 1 is 1.26 bits per heavy atom. The molecule has 0 bridgehead atoms. The largest absolute Gasteiger partial charge is 0.496 e.